The Morgan fingerprint density at radius 2 is 1.26 bits per heavy atom. The summed E-state index contributed by atoms with van der Waals surface area (Å²) in [6.45, 7) is 1.98. The number of methoxy groups -OCH3 is 2. The summed E-state index contributed by atoms with van der Waals surface area (Å²) in [5, 5.41) is 0. The van der Waals surface area contributed by atoms with Crippen LogP contribution in [0.2, 0.25) is 0 Å². The third-order valence-corrected chi connectivity index (χ3v) is 7.18. The lowest BCUT2D eigenvalue weighted by Gasteiger charge is -2.35. The minimum Gasteiger partial charge on any atom is -0.493 e. The van der Waals surface area contributed by atoms with Gasteiger partial charge in [0.25, 0.3) is 0 Å². The first-order chi connectivity index (χ1) is 18.6. The minimum absolute atomic E-state index is 0.207. The van der Waals surface area contributed by atoms with Gasteiger partial charge in [0.15, 0.2) is 23.0 Å². The standard InChI is InChI=1S/C33H35NO4/c1-34-17-16-27-20-31(36-3)33(38-23-25-12-8-5-9-13-25)21-28(27)29(34)18-26-14-15-30(35-2)32(19-26)37-22-24-10-6-4-7-11-24/h4-15,19-21,29H,16-18,22-23H2,1-3H3/t29-/m1/s1. The zero-order valence-corrected chi connectivity index (χ0v) is 22.4. The summed E-state index contributed by atoms with van der Waals surface area (Å²) in [6.07, 6.45) is 1.82. The number of hydrogen-bond donors (Lipinski definition) is 0. The number of benzene rings is 4. The number of rotatable bonds is 10. The van der Waals surface area contributed by atoms with Crippen LogP contribution in [0, 0.1) is 0 Å². The number of ether oxygens (including phenoxy) is 4. The highest BCUT2D eigenvalue weighted by Gasteiger charge is 2.27. The summed E-state index contributed by atoms with van der Waals surface area (Å²) < 4.78 is 23.8. The smallest absolute Gasteiger partial charge is 0.162 e. The third kappa shape index (κ3) is 5.95. The third-order valence-electron chi connectivity index (χ3n) is 7.18. The van der Waals surface area contributed by atoms with Crippen LogP contribution < -0.4 is 18.9 Å². The van der Waals surface area contributed by atoms with E-state index in [2.05, 4.69) is 60.5 Å². The summed E-state index contributed by atoms with van der Waals surface area (Å²) in [6, 6.07) is 31.2. The molecule has 4 aromatic carbocycles. The first-order valence-corrected chi connectivity index (χ1v) is 13.1. The van der Waals surface area contributed by atoms with Gasteiger partial charge in [0.1, 0.15) is 13.2 Å². The quantitative estimate of drug-likeness (QED) is 0.240. The Labute approximate surface area is 225 Å². The Morgan fingerprint density at radius 3 is 1.87 bits per heavy atom. The molecule has 0 saturated heterocycles. The zero-order valence-electron chi connectivity index (χ0n) is 22.4. The molecule has 1 aliphatic heterocycles. The molecule has 196 valence electrons. The van der Waals surface area contributed by atoms with Gasteiger partial charge in [0.05, 0.1) is 14.2 Å². The highest BCUT2D eigenvalue weighted by atomic mass is 16.5. The van der Waals surface area contributed by atoms with Crippen LogP contribution in [0.1, 0.15) is 33.9 Å². The van der Waals surface area contributed by atoms with E-state index in [1.165, 1.54) is 16.7 Å². The average Bonchev–Trinajstić information content (AvgIpc) is 2.97. The molecule has 5 nitrogen and oxygen atoms in total. The topological polar surface area (TPSA) is 40.2 Å². The summed E-state index contributed by atoms with van der Waals surface area (Å²) in [5.41, 5.74) is 6.04. The van der Waals surface area contributed by atoms with Crippen LogP contribution in [0.15, 0.2) is 91.0 Å². The minimum atomic E-state index is 0.207. The molecule has 5 rings (SSSR count). The van der Waals surface area contributed by atoms with Gasteiger partial charge < -0.3 is 18.9 Å². The predicted molar refractivity (Wildman–Crippen MR) is 150 cm³/mol. The van der Waals surface area contributed by atoms with Crippen molar-refractivity contribution in [2.45, 2.75) is 32.1 Å². The molecule has 0 spiro atoms. The number of likely N-dealkylation sites (N-methyl/N-ethyl adjacent to an activating group) is 1. The summed E-state index contributed by atoms with van der Waals surface area (Å²) >= 11 is 0. The van der Waals surface area contributed by atoms with E-state index in [0.717, 1.165) is 53.5 Å². The Balaban J connectivity index is 1.39. The molecule has 0 unspecified atom stereocenters. The SMILES string of the molecule is COc1ccc(C[C@@H]2c3cc(OCc4ccccc4)c(OC)cc3CCN2C)cc1OCc1ccccc1. The number of hydrogen-bond acceptors (Lipinski definition) is 5. The van der Waals surface area contributed by atoms with E-state index in [1.54, 1.807) is 14.2 Å². The van der Waals surface area contributed by atoms with E-state index >= 15 is 0 Å². The van der Waals surface area contributed by atoms with E-state index in [9.17, 15) is 0 Å². The van der Waals surface area contributed by atoms with Crippen molar-refractivity contribution in [2.75, 3.05) is 27.8 Å². The predicted octanol–water partition coefficient (Wildman–Crippen LogP) is 6.63. The zero-order chi connectivity index (χ0) is 26.3. The summed E-state index contributed by atoms with van der Waals surface area (Å²) in [4.78, 5) is 2.42. The molecule has 0 aliphatic carbocycles. The van der Waals surface area contributed by atoms with Crippen LogP contribution in [-0.4, -0.2) is 32.7 Å². The average molecular weight is 510 g/mol. The van der Waals surface area contributed by atoms with E-state index in [-0.39, 0.29) is 6.04 Å². The van der Waals surface area contributed by atoms with Crippen LogP contribution in [0.3, 0.4) is 0 Å². The van der Waals surface area contributed by atoms with Crippen LogP contribution in [0.5, 0.6) is 23.0 Å². The Bertz CT molecular complexity index is 1340. The van der Waals surface area contributed by atoms with Gasteiger partial charge in [-0.05, 0) is 72.0 Å². The second kappa shape index (κ2) is 12.1. The van der Waals surface area contributed by atoms with E-state index in [1.807, 2.05) is 42.5 Å². The van der Waals surface area contributed by atoms with Crippen molar-refractivity contribution in [2.24, 2.45) is 0 Å². The first kappa shape index (κ1) is 25.7. The Hall–Kier alpha value is -3.96. The lowest BCUT2D eigenvalue weighted by molar-refractivity contribution is 0.226. The molecule has 1 heterocycles. The number of fused-ring (bicyclic) bond motifs is 1. The van der Waals surface area contributed by atoms with Crippen LogP contribution in [0.4, 0.5) is 0 Å². The van der Waals surface area contributed by atoms with Gasteiger partial charge in [0.2, 0.25) is 0 Å². The number of nitrogens with zero attached hydrogens (tertiary/aromatic N) is 1. The molecule has 0 saturated carbocycles. The van der Waals surface area contributed by atoms with Crippen LogP contribution >= 0.6 is 0 Å². The maximum Gasteiger partial charge on any atom is 0.162 e. The normalized spacial score (nSPS) is 15.0. The van der Waals surface area contributed by atoms with E-state index in [4.69, 9.17) is 18.9 Å². The fourth-order valence-electron chi connectivity index (χ4n) is 5.03. The second-order valence-electron chi connectivity index (χ2n) is 9.69. The van der Waals surface area contributed by atoms with E-state index < -0.39 is 0 Å². The monoisotopic (exact) mass is 509 g/mol. The summed E-state index contributed by atoms with van der Waals surface area (Å²) in [5.74, 6) is 3.05. The molecular formula is C33H35NO4. The first-order valence-electron chi connectivity index (χ1n) is 13.1. The molecule has 0 N–H and O–H groups in total. The Morgan fingerprint density at radius 1 is 0.658 bits per heavy atom. The van der Waals surface area contributed by atoms with Crippen LogP contribution in [-0.2, 0) is 26.1 Å². The van der Waals surface area contributed by atoms with Crippen molar-refractivity contribution in [3.8, 4) is 23.0 Å². The van der Waals surface area contributed by atoms with Gasteiger partial charge in [-0.2, -0.15) is 0 Å². The maximum absolute atomic E-state index is 6.26. The molecule has 0 amide bonds. The van der Waals surface area contributed by atoms with Crippen molar-refractivity contribution in [1.29, 1.82) is 0 Å². The van der Waals surface area contributed by atoms with Crippen LogP contribution in [0.25, 0.3) is 0 Å². The molecule has 1 aliphatic rings. The molecular weight excluding hydrogens is 474 g/mol. The second-order valence-corrected chi connectivity index (χ2v) is 9.69. The largest absolute Gasteiger partial charge is 0.493 e. The van der Waals surface area contributed by atoms with Gasteiger partial charge in [-0.1, -0.05) is 66.7 Å². The van der Waals surface area contributed by atoms with Crippen molar-refractivity contribution >= 4 is 0 Å². The highest BCUT2D eigenvalue weighted by Crippen LogP contribution is 2.40. The van der Waals surface area contributed by atoms with Gasteiger partial charge in [-0.3, -0.25) is 4.90 Å². The van der Waals surface area contributed by atoms with E-state index in [0.29, 0.717) is 13.2 Å². The molecule has 38 heavy (non-hydrogen) atoms. The molecule has 4 aromatic rings. The highest BCUT2D eigenvalue weighted by molar-refractivity contribution is 5.50. The molecule has 0 radical (unpaired) electrons. The Kier molecular flexibility index (Phi) is 8.15. The van der Waals surface area contributed by atoms with Gasteiger partial charge in [-0.25, -0.2) is 0 Å². The molecule has 1 atom stereocenters. The molecule has 0 fully saturated rings. The molecule has 0 aromatic heterocycles. The summed E-state index contributed by atoms with van der Waals surface area (Å²) in [7, 11) is 5.58. The lowest BCUT2D eigenvalue weighted by atomic mass is 9.88. The molecule has 0 bridgehead atoms. The van der Waals surface area contributed by atoms with Gasteiger partial charge >= 0.3 is 0 Å². The van der Waals surface area contributed by atoms with Gasteiger partial charge in [0, 0.05) is 12.6 Å². The van der Waals surface area contributed by atoms with Crippen molar-refractivity contribution in [3.63, 3.8) is 0 Å². The van der Waals surface area contributed by atoms with Crippen molar-refractivity contribution in [1.82, 2.24) is 4.90 Å². The van der Waals surface area contributed by atoms with Crippen molar-refractivity contribution < 1.29 is 18.9 Å². The van der Waals surface area contributed by atoms with Gasteiger partial charge in [-0.15, -0.1) is 0 Å². The fourth-order valence-corrected chi connectivity index (χ4v) is 5.03. The fraction of sp³-hybridized carbons (Fsp3) is 0.273. The lowest BCUT2D eigenvalue weighted by Crippen LogP contribution is -2.33. The molecule has 5 heteroatoms. The van der Waals surface area contributed by atoms with Crippen molar-refractivity contribution in [3.05, 3.63) is 119 Å². The maximum atomic E-state index is 6.26.